The van der Waals surface area contributed by atoms with Gasteiger partial charge in [0.05, 0.1) is 5.56 Å². The van der Waals surface area contributed by atoms with Gasteiger partial charge in [-0.05, 0) is 25.0 Å². The van der Waals surface area contributed by atoms with Crippen molar-refractivity contribution in [2.24, 2.45) is 5.73 Å². The number of alkyl halides is 3. The highest BCUT2D eigenvalue weighted by Crippen LogP contribution is 2.28. The van der Waals surface area contributed by atoms with Crippen LogP contribution >= 0.6 is 0 Å². The number of hydrogen-bond donors (Lipinski definition) is 2. The minimum absolute atomic E-state index is 0.00315. The molecule has 1 saturated carbocycles. The molecule has 18 heavy (non-hydrogen) atoms. The van der Waals surface area contributed by atoms with Crippen molar-refractivity contribution in [3.8, 4) is 0 Å². The number of pyridine rings is 1. The molecule has 3 N–H and O–H groups in total. The van der Waals surface area contributed by atoms with Gasteiger partial charge in [-0.1, -0.05) is 0 Å². The molecule has 0 bridgehead atoms. The molecule has 98 valence electrons. The molecular weight excluding hydrogens is 247 g/mol. The maximum atomic E-state index is 12.3. The monoisotopic (exact) mass is 259 g/mol. The Bertz CT molecular complexity index is 438. The van der Waals surface area contributed by atoms with E-state index >= 15 is 0 Å². The van der Waals surface area contributed by atoms with E-state index in [1.807, 2.05) is 0 Å². The highest BCUT2D eigenvalue weighted by atomic mass is 19.4. The van der Waals surface area contributed by atoms with Crippen LogP contribution in [0, 0.1) is 0 Å². The lowest BCUT2D eigenvalue weighted by Gasteiger charge is -2.32. The quantitative estimate of drug-likeness (QED) is 0.841. The Hall–Kier alpha value is -1.63. The molecule has 7 heteroatoms. The maximum absolute atomic E-state index is 12.3. The summed E-state index contributed by atoms with van der Waals surface area (Å²) in [6, 6.07) is 2.00. The second kappa shape index (κ2) is 4.56. The first kappa shape index (κ1) is 12.8. The summed E-state index contributed by atoms with van der Waals surface area (Å²) in [5.74, 6) is -0.472. The van der Waals surface area contributed by atoms with Crippen LogP contribution in [0.15, 0.2) is 18.3 Å². The van der Waals surface area contributed by atoms with E-state index in [2.05, 4.69) is 10.3 Å². The smallest absolute Gasteiger partial charge is 0.348 e. The summed E-state index contributed by atoms with van der Waals surface area (Å²) in [4.78, 5) is 15.1. The van der Waals surface area contributed by atoms with Gasteiger partial charge in [0.25, 0.3) is 5.91 Å². The maximum Gasteiger partial charge on any atom is 0.417 e. The molecule has 0 radical (unpaired) electrons. The summed E-state index contributed by atoms with van der Waals surface area (Å²) in [6.45, 7) is 0. The molecule has 0 aromatic carbocycles. The Balaban J connectivity index is 1.99. The number of carbonyl (C=O) groups is 1. The van der Waals surface area contributed by atoms with Crippen molar-refractivity contribution in [2.75, 3.05) is 0 Å². The van der Waals surface area contributed by atoms with Crippen LogP contribution in [-0.2, 0) is 6.18 Å². The Labute approximate surface area is 101 Å². The average Bonchev–Trinajstić information content (AvgIpc) is 2.26. The number of nitrogens with two attached hydrogens (primary N) is 1. The van der Waals surface area contributed by atoms with Crippen molar-refractivity contribution >= 4 is 5.91 Å². The van der Waals surface area contributed by atoms with Crippen molar-refractivity contribution in [3.63, 3.8) is 0 Å². The lowest BCUT2D eigenvalue weighted by atomic mass is 9.87. The van der Waals surface area contributed by atoms with Gasteiger partial charge < -0.3 is 11.1 Å². The molecule has 1 aromatic rings. The molecule has 1 aromatic heterocycles. The summed E-state index contributed by atoms with van der Waals surface area (Å²) in [7, 11) is 0. The zero-order valence-electron chi connectivity index (χ0n) is 9.37. The topological polar surface area (TPSA) is 68.0 Å². The zero-order chi connectivity index (χ0) is 13.3. The fourth-order valence-electron chi connectivity index (χ4n) is 1.73. The molecular formula is C11H12F3N3O. The van der Waals surface area contributed by atoms with Gasteiger partial charge >= 0.3 is 6.18 Å². The number of halogens is 3. The highest BCUT2D eigenvalue weighted by molar-refractivity contribution is 5.92. The molecule has 4 nitrogen and oxygen atoms in total. The van der Waals surface area contributed by atoms with E-state index in [1.54, 1.807) is 0 Å². The number of hydrogen-bond acceptors (Lipinski definition) is 3. The molecule has 0 unspecified atom stereocenters. The van der Waals surface area contributed by atoms with E-state index in [-0.39, 0.29) is 17.8 Å². The molecule has 1 amide bonds. The van der Waals surface area contributed by atoms with Crippen molar-refractivity contribution in [3.05, 3.63) is 29.6 Å². The number of aromatic nitrogens is 1. The normalized spacial score (nSPS) is 23.3. The van der Waals surface area contributed by atoms with Crippen LogP contribution in [0.4, 0.5) is 13.2 Å². The van der Waals surface area contributed by atoms with Crippen LogP contribution in [0.5, 0.6) is 0 Å². The van der Waals surface area contributed by atoms with Crippen LogP contribution in [0.2, 0.25) is 0 Å². The standard InChI is InChI=1S/C11H12F3N3O/c12-11(13,14)6-1-2-9(16-5-6)10(18)17-8-3-7(15)4-8/h1-2,5,7-8H,3-4,15H2,(H,17,18). The Morgan fingerprint density at radius 1 is 1.39 bits per heavy atom. The van der Waals surface area contributed by atoms with E-state index in [9.17, 15) is 18.0 Å². The van der Waals surface area contributed by atoms with E-state index < -0.39 is 17.6 Å². The van der Waals surface area contributed by atoms with Gasteiger partial charge in [0.1, 0.15) is 5.69 Å². The summed E-state index contributed by atoms with van der Waals surface area (Å²) in [6.07, 6.45) is -2.41. The summed E-state index contributed by atoms with van der Waals surface area (Å²) in [5, 5.41) is 2.66. The van der Waals surface area contributed by atoms with Crippen molar-refractivity contribution < 1.29 is 18.0 Å². The number of carbonyl (C=O) groups excluding carboxylic acids is 1. The Morgan fingerprint density at radius 2 is 2.06 bits per heavy atom. The summed E-state index contributed by atoms with van der Waals surface area (Å²) >= 11 is 0. The van der Waals surface area contributed by atoms with Gasteiger partial charge in [0.15, 0.2) is 0 Å². The van der Waals surface area contributed by atoms with Gasteiger partial charge in [-0.15, -0.1) is 0 Å². The third kappa shape index (κ3) is 2.79. The lowest BCUT2D eigenvalue weighted by molar-refractivity contribution is -0.137. The molecule has 1 heterocycles. The predicted molar refractivity (Wildman–Crippen MR) is 57.7 cm³/mol. The molecule has 1 aliphatic carbocycles. The number of nitrogens with zero attached hydrogens (tertiary/aromatic N) is 1. The van der Waals surface area contributed by atoms with Gasteiger partial charge in [-0.3, -0.25) is 9.78 Å². The Morgan fingerprint density at radius 3 is 2.50 bits per heavy atom. The highest BCUT2D eigenvalue weighted by Gasteiger charge is 2.31. The van der Waals surface area contributed by atoms with Crippen LogP contribution in [0.1, 0.15) is 28.9 Å². The lowest BCUT2D eigenvalue weighted by Crippen LogP contribution is -2.50. The number of amides is 1. The minimum Gasteiger partial charge on any atom is -0.348 e. The second-order valence-corrected chi connectivity index (χ2v) is 4.33. The minimum atomic E-state index is -4.44. The molecule has 2 rings (SSSR count). The summed E-state index contributed by atoms with van der Waals surface area (Å²) in [5.41, 5.74) is 4.66. The fraction of sp³-hybridized carbons (Fsp3) is 0.455. The zero-order valence-corrected chi connectivity index (χ0v) is 9.37. The van der Waals surface area contributed by atoms with Crippen molar-refractivity contribution in [1.82, 2.24) is 10.3 Å². The SMILES string of the molecule is NC1CC(NC(=O)c2ccc(C(F)(F)F)cn2)C1. The Kier molecular flexibility index (Phi) is 3.25. The van der Waals surface area contributed by atoms with Crippen LogP contribution in [0.25, 0.3) is 0 Å². The molecule has 0 saturated heterocycles. The first-order chi connectivity index (χ1) is 8.36. The first-order valence-electron chi connectivity index (χ1n) is 5.46. The van der Waals surface area contributed by atoms with Gasteiger partial charge in [0.2, 0.25) is 0 Å². The fourth-order valence-corrected chi connectivity index (χ4v) is 1.73. The molecule has 1 aliphatic rings. The van der Waals surface area contributed by atoms with Crippen LogP contribution in [-0.4, -0.2) is 23.0 Å². The van der Waals surface area contributed by atoms with E-state index in [0.717, 1.165) is 12.1 Å². The van der Waals surface area contributed by atoms with Crippen molar-refractivity contribution in [2.45, 2.75) is 31.1 Å². The van der Waals surface area contributed by atoms with E-state index in [0.29, 0.717) is 19.0 Å². The summed E-state index contributed by atoms with van der Waals surface area (Å²) < 4.78 is 36.8. The predicted octanol–water partition coefficient (Wildman–Crippen LogP) is 1.32. The third-order valence-corrected chi connectivity index (χ3v) is 2.83. The molecule has 0 spiro atoms. The van der Waals surface area contributed by atoms with Crippen molar-refractivity contribution in [1.29, 1.82) is 0 Å². The van der Waals surface area contributed by atoms with Crippen LogP contribution in [0.3, 0.4) is 0 Å². The van der Waals surface area contributed by atoms with E-state index in [1.165, 1.54) is 0 Å². The molecule has 0 aliphatic heterocycles. The van der Waals surface area contributed by atoms with Gasteiger partial charge in [-0.25, -0.2) is 0 Å². The molecule has 1 fully saturated rings. The largest absolute Gasteiger partial charge is 0.417 e. The van der Waals surface area contributed by atoms with Crippen LogP contribution < -0.4 is 11.1 Å². The average molecular weight is 259 g/mol. The van der Waals surface area contributed by atoms with Gasteiger partial charge in [-0.2, -0.15) is 13.2 Å². The number of nitrogens with one attached hydrogen (secondary N) is 1. The van der Waals surface area contributed by atoms with E-state index in [4.69, 9.17) is 5.73 Å². The first-order valence-corrected chi connectivity index (χ1v) is 5.46. The van der Waals surface area contributed by atoms with Gasteiger partial charge in [0, 0.05) is 18.3 Å². The second-order valence-electron chi connectivity index (χ2n) is 4.33. The number of rotatable bonds is 2. The molecule has 0 atom stereocenters. The third-order valence-electron chi connectivity index (χ3n) is 2.83.